The van der Waals surface area contributed by atoms with Gasteiger partial charge >= 0.3 is 18.2 Å². The lowest BCUT2D eigenvalue weighted by Crippen LogP contribution is -2.38. The Balaban J connectivity index is 0.855. The van der Waals surface area contributed by atoms with Crippen LogP contribution >= 0.6 is 34.3 Å². The predicted molar refractivity (Wildman–Crippen MR) is 293 cm³/mol. The van der Waals surface area contributed by atoms with Gasteiger partial charge in [0.15, 0.2) is 21.9 Å². The number of benzene rings is 4. The third-order valence-corrected chi connectivity index (χ3v) is 16.3. The van der Waals surface area contributed by atoms with E-state index in [-0.39, 0.29) is 84.6 Å². The average molecular weight is 1140 g/mol. The minimum absolute atomic E-state index is 0.0392. The van der Waals surface area contributed by atoms with E-state index in [1.807, 2.05) is 4.90 Å². The molecule has 1 atom stereocenters. The molecule has 4 saturated heterocycles. The van der Waals surface area contributed by atoms with Crippen molar-refractivity contribution in [2.24, 2.45) is 0 Å². The molecule has 4 aromatic heterocycles. The molecule has 0 bridgehead atoms. The number of nitrogen functional groups attached to an aromatic ring is 2. The number of nitrogens with two attached hydrogens (primary N) is 2. The van der Waals surface area contributed by atoms with E-state index in [9.17, 15) is 22.8 Å². The molecule has 4 N–H and O–H groups in total. The number of nitrogens with zero attached hydrogens (tertiary/aromatic N) is 12. The molecule has 4 aromatic carbocycles. The lowest BCUT2D eigenvalue weighted by Gasteiger charge is -2.32. The summed E-state index contributed by atoms with van der Waals surface area (Å²) < 4.78 is 86.3. The summed E-state index contributed by atoms with van der Waals surface area (Å²) in [5.41, 5.74) is 14.6. The smallest absolute Gasteiger partial charge is 0.378 e. The first-order valence-electron chi connectivity index (χ1n) is 24.8. The summed E-state index contributed by atoms with van der Waals surface area (Å²) in [6.07, 6.45) is -3.82. The molecule has 18 nitrogen and oxygen atoms in total. The molecule has 8 heterocycles. The van der Waals surface area contributed by atoms with E-state index >= 15 is 8.78 Å². The Hall–Kier alpha value is -8.10. The van der Waals surface area contributed by atoms with Crippen molar-refractivity contribution in [3.8, 4) is 43.7 Å². The Morgan fingerprint density at radius 3 is 1.71 bits per heavy atom. The molecule has 0 spiro atoms. The second kappa shape index (κ2) is 20.9. The predicted octanol–water partition coefficient (Wildman–Crippen LogP) is 10.3. The van der Waals surface area contributed by atoms with Gasteiger partial charge in [0, 0.05) is 79.5 Å². The molecule has 0 radical (unpaired) electrons. The quantitative estimate of drug-likeness (QED) is 0.116. The number of aromatic nitrogens is 6. The number of halogens is 6. The highest BCUT2D eigenvalue weighted by Gasteiger charge is 2.38. The van der Waals surface area contributed by atoms with Crippen LogP contribution < -0.4 is 40.9 Å². The second-order valence-electron chi connectivity index (χ2n) is 18.6. The van der Waals surface area contributed by atoms with Gasteiger partial charge in [0.05, 0.1) is 70.1 Å². The normalized spacial score (nSPS) is 17.2. The standard InChI is InChI=1S/C53H44ClF5N14O4S2/c54-30-9-13-32(14-10-30)71-18-20-73(52(71)75)39-6-2-4-34(42(39)56)46-44(67-49(78-46)68-21-24-76-25-22-68)37-27-36(64-48(61)65-37)40-28-69(23-26-77-40)50-66-43(35-15-16-62-47(60)63-35)45(79-50)33-3-1-5-38(41(33)55)72-19-17-70(51(72)74)31-11-7-29(8-12-31)53(57,58)59/h1-16,27,40H,17-26,28H2,(H2,60,62,63)(H2,61,64,65). The van der Waals surface area contributed by atoms with Crippen LogP contribution in [-0.4, -0.2) is 114 Å². The van der Waals surface area contributed by atoms with Crippen molar-refractivity contribution in [1.29, 1.82) is 0 Å². The fraction of sp³-hybridized carbons (Fsp3) is 0.245. The molecule has 0 aliphatic carbocycles. The highest BCUT2D eigenvalue weighted by Crippen LogP contribution is 2.46. The Morgan fingerprint density at radius 1 is 0.595 bits per heavy atom. The minimum atomic E-state index is -4.56. The largest absolute Gasteiger partial charge is 0.416 e. The van der Waals surface area contributed by atoms with Crippen LogP contribution in [0.25, 0.3) is 43.7 Å². The number of urea groups is 2. The molecule has 12 rings (SSSR count). The van der Waals surface area contributed by atoms with E-state index in [0.29, 0.717) is 92.9 Å². The van der Waals surface area contributed by atoms with Crippen LogP contribution in [0, 0.1) is 11.6 Å². The molecule has 4 amide bonds. The molecular formula is C53H44ClF5N14O4S2. The summed E-state index contributed by atoms with van der Waals surface area (Å²) >= 11 is 8.58. The first kappa shape index (κ1) is 51.6. The lowest BCUT2D eigenvalue weighted by atomic mass is 10.1. The Morgan fingerprint density at radius 2 is 1.13 bits per heavy atom. The highest BCUT2D eigenvalue weighted by molar-refractivity contribution is 7.19. The lowest BCUT2D eigenvalue weighted by molar-refractivity contribution is -0.137. The summed E-state index contributed by atoms with van der Waals surface area (Å²) in [6.45, 7) is 3.53. The molecule has 4 aliphatic rings. The van der Waals surface area contributed by atoms with Gasteiger partial charge in [-0.05, 0) is 72.8 Å². The summed E-state index contributed by atoms with van der Waals surface area (Å²) in [4.78, 5) is 65.9. The van der Waals surface area contributed by atoms with Crippen molar-refractivity contribution in [3.63, 3.8) is 0 Å². The van der Waals surface area contributed by atoms with Crippen LogP contribution in [0.4, 0.5) is 76.5 Å². The Kier molecular flexibility index (Phi) is 13.7. The van der Waals surface area contributed by atoms with Gasteiger partial charge in [-0.3, -0.25) is 19.6 Å². The Bertz CT molecular complexity index is 3640. The number of alkyl halides is 3. The Labute approximate surface area is 460 Å². The van der Waals surface area contributed by atoms with Crippen molar-refractivity contribution in [2.45, 2.75) is 12.3 Å². The maximum absolute atomic E-state index is 17.2. The molecule has 4 fully saturated rings. The van der Waals surface area contributed by atoms with Gasteiger partial charge in [-0.1, -0.05) is 58.5 Å². The number of morpholine rings is 2. The van der Waals surface area contributed by atoms with Crippen molar-refractivity contribution in [2.75, 3.05) is 113 Å². The summed E-state index contributed by atoms with van der Waals surface area (Å²) in [7, 11) is 0. The minimum Gasteiger partial charge on any atom is -0.378 e. The third kappa shape index (κ3) is 9.96. The third-order valence-electron chi connectivity index (χ3n) is 13.8. The number of carbonyl (C=O) groups is 2. The summed E-state index contributed by atoms with van der Waals surface area (Å²) in [6, 6.07) is 23.0. The van der Waals surface area contributed by atoms with Gasteiger partial charge in [0.1, 0.15) is 17.5 Å². The number of rotatable bonds is 11. The van der Waals surface area contributed by atoms with E-state index in [0.717, 1.165) is 12.1 Å². The fourth-order valence-electron chi connectivity index (χ4n) is 9.89. The van der Waals surface area contributed by atoms with Gasteiger partial charge < -0.3 is 30.7 Å². The molecule has 8 aromatic rings. The van der Waals surface area contributed by atoms with Crippen molar-refractivity contribution in [3.05, 3.63) is 131 Å². The number of hydrogen-bond acceptors (Lipinski definition) is 16. The summed E-state index contributed by atoms with van der Waals surface area (Å²) in [5, 5.41) is 1.60. The first-order chi connectivity index (χ1) is 38.2. The maximum atomic E-state index is 17.2. The van der Waals surface area contributed by atoms with E-state index in [1.165, 1.54) is 61.8 Å². The first-order valence-corrected chi connectivity index (χ1v) is 26.8. The van der Waals surface area contributed by atoms with Gasteiger partial charge in [-0.15, -0.1) is 0 Å². The van der Waals surface area contributed by atoms with Crippen LogP contribution in [0.3, 0.4) is 0 Å². The maximum Gasteiger partial charge on any atom is 0.416 e. The zero-order valence-corrected chi connectivity index (χ0v) is 43.8. The van der Waals surface area contributed by atoms with E-state index < -0.39 is 35.5 Å². The summed E-state index contributed by atoms with van der Waals surface area (Å²) in [5.74, 6) is -1.48. The number of carbonyl (C=O) groups excluding carboxylic acids is 2. The molecule has 4 aliphatic heterocycles. The number of thiazole rings is 2. The van der Waals surface area contributed by atoms with E-state index in [1.54, 1.807) is 71.6 Å². The molecule has 79 heavy (non-hydrogen) atoms. The van der Waals surface area contributed by atoms with E-state index in [4.69, 9.17) is 42.5 Å². The van der Waals surface area contributed by atoms with Crippen molar-refractivity contribution >= 4 is 91.2 Å². The monoisotopic (exact) mass is 1130 g/mol. The zero-order valence-electron chi connectivity index (χ0n) is 41.4. The SMILES string of the molecule is Nc1nccc(-c2nc(N3CCOC(c4cc(-c5nc(N6CCOCC6)sc5-c5cccc(N6CCN(c7ccc(Cl)cc7)C6=O)c5F)nc(N)n4)C3)sc2-c2cccc(N3CCN(c4ccc(C(F)(F)F)cc4)C3=O)c2F)n1. The number of anilines is 8. The topological polar surface area (TPSA) is 201 Å². The van der Waals surface area contributed by atoms with Crippen LogP contribution in [0.2, 0.25) is 5.02 Å². The fourth-order valence-corrected chi connectivity index (χ4v) is 12.3. The van der Waals surface area contributed by atoms with Crippen molar-refractivity contribution < 1.29 is 41.0 Å². The van der Waals surface area contributed by atoms with Gasteiger partial charge in [-0.2, -0.15) is 13.2 Å². The molecule has 1 unspecified atom stereocenters. The molecule has 26 heteroatoms. The van der Waals surface area contributed by atoms with E-state index in [2.05, 4.69) is 24.8 Å². The van der Waals surface area contributed by atoms with Gasteiger partial charge in [-0.25, -0.2) is 48.3 Å². The van der Waals surface area contributed by atoms with Gasteiger partial charge in [0.25, 0.3) is 0 Å². The number of hydrogen-bond donors (Lipinski definition) is 2. The number of ether oxygens (including phenoxy) is 2. The van der Waals surface area contributed by atoms with Gasteiger partial charge in [0.2, 0.25) is 11.9 Å². The van der Waals surface area contributed by atoms with Crippen LogP contribution in [0.1, 0.15) is 17.4 Å². The number of amides is 4. The molecular weight excluding hydrogens is 1090 g/mol. The van der Waals surface area contributed by atoms with Crippen LogP contribution in [-0.2, 0) is 15.7 Å². The second-order valence-corrected chi connectivity index (χ2v) is 21.0. The average Bonchev–Trinajstić information content (AvgIpc) is 4.46. The zero-order chi connectivity index (χ0) is 54.7. The van der Waals surface area contributed by atoms with Crippen LogP contribution in [0.5, 0.6) is 0 Å². The highest BCUT2D eigenvalue weighted by atomic mass is 35.5. The van der Waals surface area contributed by atoms with Crippen LogP contribution in [0.15, 0.2) is 103 Å². The van der Waals surface area contributed by atoms with Crippen molar-refractivity contribution in [1.82, 2.24) is 29.9 Å². The molecule has 404 valence electrons. The molecule has 0 saturated carbocycles.